The van der Waals surface area contributed by atoms with Gasteiger partial charge in [-0.25, -0.2) is 0 Å². The average Bonchev–Trinajstić information content (AvgIpc) is 2.56. The Bertz CT molecular complexity index is 626. The number of aromatic hydroxyl groups is 1. The van der Waals surface area contributed by atoms with E-state index in [1.807, 2.05) is 6.92 Å². The highest BCUT2D eigenvalue weighted by atomic mass is 16.5. The van der Waals surface area contributed by atoms with Crippen LogP contribution in [0.1, 0.15) is 43.7 Å². The average molecular weight is 316 g/mol. The highest BCUT2D eigenvalue weighted by Gasteiger charge is 2.34. The van der Waals surface area contributed by atoms with Crippen LogP contribution >= 0.6 is 0 Å². The Kier molecular flexibility index (Phi) is 4.71. The third kappa shape index (κ3) is 3.27. The van der Waals surface area contributed by atoms with Crippen LogP contribution < -0.4 is 0 Å². The summed E-state index contributed by atoms with van der Waals surface area (Å²) in [6.07, 6.45) is 3.71. The van der Waals surface area contributed by atoms with Crippen LogP contribution in [0.3, 0.4) is 0 Å². The van der Waals surface area contributed by atoms with Gasteiger partial charge in [0.1, 0.15) is 11.5 Å². The van der Waals surface area contributed by atoms with Crippen LogP contribution in [0.2, 0.25) is 0 Å². The van der Waals surface area contributed by atoms with E-state index in [9.17, 15) is 15.0 Å². The summed E-state index contributed by atoms with van der Waals surface area (Å²) < 4.78 is 5.39. The quantitative estimate of drug-likeness (QED) is 0.893. The fourth-order valence-corrected chi connectivity index (χ4v) is 3.87. The fourth-order valence-electron chi connectivity index (χ4n) is 3.87. The maximum atomic E-state index is 12.7. The number of benzene rings is 1. The second-order valence-electron chi connectivity index (χ2n) is 6.56. The lowest BCUT2D eigenvalue weighted by Gasteiger charge is -2.33. The Hall–Kier alpha value is -1.81. The second kappa shape index (κ2) is 6.75. The lowest BCUT2D eigenvalue weighted by Crippen LogP contribution is -2.29. The van der Waals surface area contributed by atoms with Crippen LogP contribution in [-0.2, 0) is 16.0 Å². The second-order valence-corrected chi connectivity index (χ2v) is 6.56. The predicted octanol–water partition coefficient (Wildman–Crippen LogP) is 3.63. The molecule has 1 aliphatic heterocycles. The van der Waals surface area contributed by atoms with E-state index < -0.39 is 0 Å². The van der Waals surface area contributed by atoms with Gasteiger partial charge in [0, 0.05) is 26.1 Å². The van der Waals surface area contributed by atoms with Crippen LogP contribution in [0.4, 0.5) is 0 Å². The number of ether oxygens (including phenoxy) is 1. The highest BCUT2D eigenvalue weighted by Crippen LogP contribution is 2.39. The first-order valence-corrected chi connectivity index (χ1v) is 8.45. The molecular weight excluding hydrogens is 292 g/mol. The van der Waals surface area contributed by atoms with Crippen molar-refractivity contribution in [1.29, 1.82) is 0 Å². The van der Waals surface area contributed by atoms with Gasteiger partial charge in [-0.3, -0.25) is 4.79 Å². The maximum absolute atomic E-state index is 12.7. The molecule has 1 aromatic rings. The van der Waals surface area contributed by atoms with Crippen LogP contribution in [0.5, 0.6) is 5.75 Å². The summed E-state index contributed by atoms with van der Waals surface area (Å²) in [6.45, 7) is 3.49. The SMILES string of the molecule is CCc1cc(O)ccc1C1=C(O)CC(C2CCOCC2)CC1=O. The normalized spacial score (nSPS) is 23.3. The van der Waals surface area contributed by atoms with Crippen molar-refractivity contribution in [2.75, 3.05) is 13.2 Å². The van der Waals surface area contributed by atoms with Gasteiger partial charge in [-0.05, 0) is 54.4 Å². The van der Waals surface area contributed by atoms with Crippen LogP contribution in [0.25, 0.3) is 5.57 Å². The number of Topliss-reactive ketones (excluding diaryl/α,β-unsaturated/α-hetero) is 1. The minimum Gasteiger partial charge on any atom is -0.512 e. The fraction of sp³-hybridized carbons (Fsp3) is 0.526. The van der Waals surface area contributed by atoms with E-state index in [0.29, 0.717) is 30.8 Å². The number of phenolic OH excluding ortho intramolecular Hbond substituents is 1. The Morgan fingerprint density at radius 2 is 1.87 bits per heavy atom. The topological polar surface area (TPSA) is 66.8 Å². The molecule has 3 rings (SSSR count). The zero-order chi connectivity index (χ0) is 16.4. The van der Waals surface area contributed by atoms with E-state index in [-0.39, 0.29) is 23.2 Å². The first-order valence-electron chi connectivity index (χ1n) is 8.45. The number of aliphatic hydroxyl groups is 1. The van der Waals surface area contributed by atoms with Crippen LogP contribution in [0.15, 0.2) is 24.0 Å². The Balaban J connectivity index is 1.89. The van der Waals surface area contributed by atoms with Crippen molar-refractivity contribution < 1.29 is 19.7 Å². The molecule has 1 atom stereocenters. The van der Waals surface area contributed by atoms with Crippen molar-refractivity contribution in [2.45, 2.75) is 39.0 Å². The number of aryl methyl sites for hydroxylation is 1. The zero-order valence-corrected chi connectivity index (χ0v) is 13.5. The first kappa shape index (κ1) is 16.1. The van der Waals surface area contributed by atoms with Gasteiger partial charge in [-0.1, -0.05) is 13.0 Å². The molecule has 1 aliphatic carbocycles. The molecule has 0 radical (unpaired) electrons. The Labute approximate surface area is 136 Å². The molecule has 4 heteroatoms. The number of rotatable bonds is 3. The van der Waals surface area contributed by atoms with Gasteiger partial charge in [0.25, 0.3) is 0 Å². The summed E-state index contributed by atoms with van der Waals surface area (Å²) in [4.78, 5) is 12.7. The smallest absolute Gasteiger partial charge is 0.167 e. The molecule has 23 heavy (non-hydrogen) atoms. The molecular formula is C19H24O4. The number of allylic oxidation sites excluding steroid dienone is 2. The Morgan fingerprint density at radius 3 is 2.52 bits per heavy atom. The van der Waals surface area contributed by atoms with Crippen molar-refractivity contribution >= 4 is 11.4 Å². The van der Waals surface area contributed by atoms with Crippen molar-refractivity contribution in [1.82, 2.24) is 0 Å². The van der Waals surface area contributed by atoms with Gasteiger partial charge in [-0.2, -0.15) is 0 Å². The van der Waals surface area contributed by atoms with E-state index in [4.69, 9.17) is 4.74 Å². The van der Waals surface area contributed by atoms with Crippen molar-refractivity contribution in [3.63, 3.8) is 0 Å². The molecule has 124 valence electrons. The van der Waals surface area contributed by atoms with E-state index in [1.165, 1.54) is 0 Å². The highest BCUT2D eigenvalue weighted by molar-refractivity contribution is 6.22. The molecule has 0 saturated carbocycles. The zero-order valence-electron chi connectivity index (χ0n) is 13.5. The largest absolute Gasteiger partial charge is 0.512 e. The van der Waals surface area contributed by atoms with Gasteiger partial charge in [0.05, 0.1) is 5.57 Å². The lowest BCUT2D eigenvalue weighted by atomic mass is 9.74. The summed E-state index contributed by atoms with van der Waals surface area (Å²) in [6, 6.07) is 4.99. The summed E-state index contributed by atoms with van der Waals surface area (Å²) in [7, 11) is 0. The molecule has 2 N–H and O–H groups in total. The molecule has 0 aromatic heterocycles. The molecule has 1 fully saturated rings. The van der Waals surface area contributed by atoms with E-state index in [0.717, 1.165) is 37.2 Å². The van der Waals surface area contributed by atoms with Crippen molar-refractivity contribution in [3.05, 3.63) is 35.1 Å². The van der Waals surface area contributed by atoms with Crippen LogP contribution in [-0.4, -0.2) is 29.2 Å². The monoisotopic (exact) mass is 316 g/mol. The number of hydrogen-bond donors (Lipinski definition) is 2. The minimum absolute atomic E-state index is 0.0191. The first-order chi connectivity index (χ1) is 11.1. The maximum Gasteiger partial charge on any atom is 0.167 e. The molecule has 1 saturated heterocycles. The predicted molar refractivity (Wildman–Crippen MR) is 88.3 cm³/mol. The summed E-state index contributed by atoms with van der Waals surface area (Å²) >= 11 is 0. The number of ketones is 1. The molecule has 1 aromatic carbocycles. The number of phenols is 1. The van der Waals surface area contributed by atoms with Gasteiger partial charge in [0.15, 0.2) is 5.78 Å². The number of carbonyl (C=O) groups is 1. The third-order valence-electron chi connectivity index (χ3n) is 5.14. The number of hydrogen-bond acceptors (Lipinski definition) is 4. The van der Waals surface area contributed by atoms with Gasteiger partial charge >= 0.3 is 0 Å². The van der Waals surface area contributed by atoms with Crippen molar-refractivity contribution in [3.8, 4) is 5.75 Å². The molecule has 0 amide bonds. The number of carbonyl (C=O) groups excluding carboxylic acids is 1. The van der Waals surface area contributed by atoms with Gasteiger partial charge < -0.3 is 14.9 Å². The molecule has 1 unspecified atom stereocenters. The van der Waals surface area contributed by atoms with Crippen molar-refractivity contribution in [2.24, 2.45) is 11.8 Å². The van der Waals surface area contributed by atoms with Crippen LogP contribution in [0, 0.1) is 11.8 Å². The molecule has 0 bridgehead atoms. The third-order valence-corrected chi connectivity index (χ3v) is 5.14. The molecule has 1 heterocycles. The summed E-state index contributed by atoms with van der Waals surface area (Å²) in [5.41, 5.74) is 2.10. The van der Waals surface area contributed by atoms with E-state index >= 15 is 0 Å². The molecule has 2 aliphatic rings. The molecule has 4 nitrogen and oxygen atoms in total. The van der Waals surface area contributed by atoms with Gasteiger partial charge in [-0.15, -0.1) is 0 Å². The van der Waals surface area contributed by atoms with Gasteiger partial charge in [0.2, 0.25) is 0 Å². The summed E-state index contributed by atoms with van der Waals surface area (Å²) in [5, 5.41) is 20.2. The van der Waals surface area contributed by atoms with E-state index in [2.05, 4.69) is 0 Å². The standard InChI is InChI=1S/C19H24O4/c1-2-12-9-15(20)3-4-16(12)19-17(21)10-14(11-18(19)22)13-5-7-23-8-6-13/h3-4,9,13-14,20-21H,2,5-8,10-11H2,1H3. The number of aliphatic hydroxyl groups excluding tert-OH is 1. The lowest BCUT2D eigenvalue weighted by molar-refractivity contribution is -0.116. The summed E-state index contributed by atoms with van der Waals surface area (Å²) in [5.74, 6) is 1.09. The Morgan fingerprint density at radius 1 is 1.13 bits per heavy atom. The minimum atomic E-state index is 0.0191. The molecule has 0 spiro atoms. The van der Waals surface area contributed by atoms with E-state index in [1.54, 1.807) is 18.2 Å².